The predicted molar refractivity (Wildman–Crippen MR) is 94.8 cm³/mol. The van der Waals surface area contributed by atoms with E-state index in [1.54, 1.807) is 0 Å². The Bertz CT molecular complexity index is 693. The van der Waals surface area contributed by atoms with Crippen LogP contribution in [0.5, 0.6) is 17.2 Å². The lowest BCUT2D eigenvalue weighted by Crippen LogP contribution is -2.38. The Morgan fingerprint density at radius 2 is 1.46 bits per heavy atom. The van der Waals surface area contributed by atoms with Gasteiger partial charge < -0.3 is 14.2 Å². The standard InChI is InChI=1S/C21H26F4O3/c1-13-2-4-14(5-3-13)15-6-8-16(9-7-15)20(22,23)26-17-10-11-18-19(12-17)28-21(24,25)27-18/h10-16H,2-9H2,1H3. The maximum atomic E-state index is 14.7. The molecule has 1 aromatic carbocycles. The molecule has 0 spiro atoms. The highest BCUT2D eigenvalue weighted by Gasteiger charge is 2.46. The van der Waals surface area contributed by atoms with Gasteiger partial charge in [-0.15, -0.1) is 8.78 Å². The number of rotatable bonds is 4. The second-order valence-corrected chi connectivity index (χ2v) is 8.57. The summed E-state index contributed by atoms with van der Waals surface area (Å²) in [5.74, 6) is 0.435. The van der Waals surface area contributed by atoms with Crippen molar-refractivity contribution in [2.24, 2.45) is 23.7 Å². The minimum atomic E-state index is -3.78. The molecule has 7 heteroatoms. The fraction of sp³-hybridized carbons (Fsp3) is 0.714. The molecule has 2 fully saturated rings. The van der Waals surface area contributed by atoms with E-state index < -0.39 is 18.3 Å². The van der Waals surface area contributed by atoms with Gasteiger partial charge in [0.05, 0.1) is 5.92 Å². The summed E-state index contributed by atoms with van der Waals surface area (Å²) < 4.78 is 69.0. The molecule has 2 saturated carbocycles. The van der Waals surface area contributed by atoms with Crippen molar-refractivity contribution < 1.29 is 31.8 Å². The summed E-state index contributed by atoms with van der Waals surface area (Å²) >= 11 is 0. The van der Waals surface area contributed by atoms with Crippen molar-refractivity contribution in [1.82, 2.24) is 0 Å². The van der Waals surface area contributed by atoms with E-state index in [2.05, 4.69) is 16.4 Å². The van der Waals surface area contributed by atoms with Crippen LogP contribution in [0.1, 0.15) is 58.3 Å². The van der Waals surface area contributed by atoms with Gasteiger partial charge in [0.1, 0.15) is 5.75 Å². The van der Waals surface area contributed by atoms with Crippen LogP contribution in [0.25, 0.3) is 0 Å². The first-order valence-electron chi connectivity index (χ1n) is 10.2. The van der Waals surface area contributed by atoms with Crippen LogP contribution in [0.15, 0.2) is 18.2 Å². The molecule has 1 heterocycles. The first-order valence-corrected chi connectivity index (χ1v) is 10.2. The number of hydrogen-bond acceptors (Lipinski definition) is 3. The van der Waals surface area contributed by atoms with Crippen LogP contribution in [0, 0.1) is 23.7 Å². The minimum Gasteiger partial charge on any atom is -0.432 e. The molecule has 3 aliphatic rings. The van der Waals surface area contributed by atoms with Gasteiger partial charge >= 0.3 is 12.4 Å². The number of hydrogen-bond donors (Lipinski definition) is 0. The normalized spacial score (nSPS) is 32.2. The summed E-state index contributed by atoms with van der Waals surface area (Å²) in [7, 11) is 0. The van der Waals surface area contributed by atoms with Gasteiger partial charge in [0.15, 0.2) is 11.5 Å². The molecule has 1 aliphatic heterocycles. The van der Waals surface area contributed by atoms with Crippen molar-refractivity contribution in [1.29, 1.82) is 0 Å². The topological polar surface area (TPSA) is 27.7 Å². The number of halogens is 4. The molecule has 0 radical (unpaired) electrons. The van der Waals surface area contributed by atoms with Gasteiger partial charge in [0, 0.05) is 6.07 Å². The molecule has 0 bridgehead atoms. The van der Waals surface area contributed by atoms with Gasteiger partial charge in [-0.25, -0.2) is 0 Å². The van der Waals surface area contributed by atoms with E-state index in [0.29, 0.717) is 24.7 Å². The highest BCUT2D eigenvalue weighted by Crippen LogP contribution is 2.47. The van der Waals surface area contributed by atoms with E-state index in [4.69, 9.17) is 4.74 Å². The quantitative estimate of drug-likeness (QED) is 0.530. The first kappa shape index (κ1) is 19.6. The van der Waals surface area contributed by atoms with Crippen molar-refractivity contribution in [3.8, 4) is 17.2 Å². The molecular weight excluding hydrogens is 376 g/mol. The molecule has 0 aromatic heterocycles. The van der Waals surface area contributed by atoms with Gasteiger partial charge in [-0.1, -0.05) is 19.8 Å². The maximum absolute atomic E-state index is 14.7. The third-order valence-electron chi connectivity index (χ3n) is 6.60. The second-order valence-electron chi connectivity index (χ2n) is 8.57. The number of benzene rings is 1. The molecule has 0 atom stereocenters. The molecule has 0 amide bonds. The zero-order valence-electron chi connectivity index (χ0n) is 15.9. The summed E-state index contributed by atoms with van der Waals surface area (Å²) in [6.45, 7) is 2.28. The fourth-order valence-electron chi connectivity index (χ4n) is 4.92. The van der Waals surface area contributed by atoms with Gasteiger partial charge in [0.25, 0.3) is 0 Å². The summed E-state index contributed by atoms with van der Waals surface area (Å²) in [6.07, 6.45) is 0.238. The van der Waals surface area contributed by atoms with E-state index in [1.807, 2.05) is 0 Å². The van der Waals surface area contributed by atoms with E-state index in [1.165, 1.54) is 31.7 Å². The SMILES string of the molecule is CC1CCC(C2CCC(C(F)(F)Oc3ccc4c(c3)OC(F)(F)O4)CC2)CC1. The third kappa shape index (κ3) is 4.18. The van der Waals surface area contributed by atoms with Crippen molar-refractivity contribution >= 4 is 0 Å². The van der Waals surface area contributed by atoms with Crippen LogP contribution in [0.3, 0.4) is 0 Å². The Labute approximate surface area is 162 Å². The number of fused-ring (bicyclic) bond motifs is 1. The van der Waals surface area contributed by atoms with E-state index >= 15 is 0 Å². The molecule has 4 rings (SSSR count). The van der Waals surface area contributed by atoms with E-state index in [0.717, 1.165) is 30.9 Å². The Kier molecular flexibility index (Phi) is 5.12. The summed E-state index contributed by atoms with van der Waals surface area (Å²) in [5, 5.41) is 0. The van der Waals surface area contributed by atoms with E-state index in [9.17, 15) is 17.6 Å². The fourth-order valence-corrected chi connectivity index (χ4v) is 4.92. The molecule has 156 valence electrons. The maximum Gasteiger partial charge on any atom is 0.586 e. The number of alkyl halides is 4. The molecule has 0 unspecified atom stereocenters. The van der Waals surface area contributed by atoms with Gasteiger partial charge in [-0.2, -0.15) is 8.78 Å². The average molecular weight is 402 g/mol. The van der Waals surface area contributed by atoms with Crippen molar-refractivity contribution in [3.05, 3.63) is 18.2 Å². The van der Waals surface area contributed by atoms with Gasteiger partial charge in [-0.3, -0.25) is 0 Å². The minimum absolute atomic E-state index is 0.192. The van der Waals surface area contributed by atoms with Crippen molar-refractivity contribution in [2.75, 3.05) is 0 Å². The number of ether oxygens (including phenoxy) is 3. The monoisotopic (exact) mass is 402 g/mol. The molecule has 2 aliphatic carbocycles. The largest absolute Gasteiger partial charge is 0.586 e. The van der Waals surface area contributed by atoms with Crippen LogP contribution in [-0.2, 0) is 0 Å². The summed E-state index contributed by atoms with van der Waals surface area (Å²) in [5.41, 5.74) is 0. The van der Waals surface area contributed by atoms with Gasteiger partial charge in [-0.05, 0) is 68.4 Å². The first-order chi connectivity index (χ1) is 13.2. The lowest BCUT2D eigenvalue weighted by atomic mass is 9.69. The molecule has 3 nitrogen and oxygen atoms in total. The molecule has 0 N–H and O–H groups in total. The van der Waals surface area contributed by atoms with Crippen LogP contribution < -0.4 is 14.2 Å². The average Bonchev–Trinajstić information content (AvgIpc) is 2.95. The van der Waals surface area contributed by atoms with Crippen LogP contribution in [0.2, 0.25) is 0 Å². The van der Waals surface area contributed by atoms with Gasteiger partial charge in [0.2, 0.25) is 0 Å². The molecule has 0 saturated heterocycles. The zero-order chi connectivity index (χ0) is 19.9. The third-order valence-corrected chi connectivity index (χ3v) is 6.60. The lowest BCUT2D eigenvalue weighted by Gasteiger charge is -2.38. The van der Waals surface area contributed by atoms with Crippen LogP contribution in [0.4, 0.5) is 17.6 Å². The van der Waals surface area contributed by atoms with Crippen LogP contribution >= 0.6 is 0 Å². The Morgan fingerprint density at radius 1 is 0.893 bits per heavy atom. The highest BCUT2D eigenvalue weighted by molar-refractivity contribution is 5.47. The van der Waals surface area contributed by atoms with E-state index in [-0.39, 0.29) is 17.2 Å². The molecular formula is C21H26F4O3. The lowest BCUT2D eigenvalue weighted by molar-refractivity contribution is -0.286. The van der Waals surface area contributed by atoms with Crippen LogP contribution in [-0.4, -0.2) is 12.4 Å². The zero-order valence-corrected chi connectivity index (χ0v) is 15.9. The predicted octanol–water partition coefficient (Wildman–Crippen LogP) is 6.61. The highest BCUT2D eigenvalue weighted by atomic mass is 19.3. The molecule has 28 heavy (non-hydrogen) atoms. The summed E-state index contributed by atoms with van der Waals surface area (Å²) in [6, 6.07) is 3.38. The summed E-state index contributed by atoms with van der Waals surface area (Å²) in [4.78, 5) is 0. The Hall–Kier alpha value is -1.66. The van der Waals surface area contributed by atoms with Crippen molar-refractivity contribution in [2.45, 2.75) is 70.7 Å². The second kappa shape index (κ2) is 7.30. The smallest absolute Gasteiger partial charge is 0.432 e. The van der Waals surface area contributed by atoms with Crippen molar-refractivity contribution in [3.63, 3.8) is 0 Å². The molecule has 1 aromatic rings. The Balaban J connectivity index is 1.34. The Morgan fingerprint density at radius 3 is 2.11 bits per heavy atom.